The highest BCUT2D eigenvalue weighted by atomic mass is 19.2. The molecule has 1 heterocycles. The van der Waals surface area contributed by atoms with Gasteiger partial charge in [0.1, 0.15) is 5.69 Å². The molecule has 1 amide bonds. The molecular formula is C22H14F3N3O3. The lowest BCUT2D eigenvalue weighted by molar-refractivity contribution is 0.0995. The van der Waals surface area contributed by atoms with E-state index in [2.05, 4.69) is 10.2 Å². The molecule has 4 aromatic rings. The first kappa shape index (κ1) is 20.1. The topological polar surface area (TPSA) is 87.2 Å². The molecule has 0 aliphatic carbocycles. The van der Waals surface area contributed by atoms with Gasteiger partial charge in [-0.15, -0.1) is 10.2 Å². The summed E-state index contributed by atoms with van der Waals surface area (Å²) in [6.07, 6.45) is 0. The van der Waals surface area contributed by atoms with Crippen LogP contribution in [0, 0.1) is 17.5 Å². The molecule has 0 aliphatic rings. The van der Waals surface area contributed by atoms with E-state index in [1.807, 2.05) is 30.3 Å². The van der Waals surface area contributed by atoms with Crippen molar-refractivity contribution >= 4 is 22.4 Å². The molecule has 9 heteroatoms. The third-order valence-corrected chi connectivity index (χ3v) is 4.71. The van der Waals surface area contributed by atoms with E-state index >= 15 is 0 Å². The number of fused-ring (bicyclic) bond motifs is 1. The van der Waals surface area contributed by atoms with Crippen molar-refractivity contribution in [1.29, 1.82) is 0 Å². The predicted molar refractivity (Wildman–Crippen MR) is 106 cm³/mol. The van der Waals surface area contributed by atoms with Crippen LogP contribution in [0.5, 0.6) is 11.8 Å². The zero-order valence-corrected chi connectivity index (χ0v) is 15.8. The van der Waals surface area contributed by atoms with Crippen LogP contribution in [0.15, 0.2) is 70.9 Å². The van der Waals surface area contributed by atoms with E-state index in [0.29, 0.717) is 11.5 Å². The highest BCUT2D eigenvalue weighted by Gasteiger charge is 2.18. The number of rotatable bonds is 4. The second-order valence-electron chi connectivity index (χ2n) is 6.68. The molecule has 0 radical (unpaired) electrons. The van der Waals surface area contributed by atoms with Crippen LogP contribution in [0.3, 0.4) is 0 Å². The van der Waals surface area contributed by atoms with Gasteiger partial charge in [0.15, 0.2) is 17.5 Å². The molecular weight excluding hydrogens is 411 g/mol. The maximum absolute atomic E-state index is 13.7. The molecule has 0 saturated heterocycles. The smallest absolute Gasteiger partial charge is 0.295 e. The van der Waals surface area contributed by atoms with Gasteiger partial charge in [-0.25, -0.2) is 13.2 Å². The highest BCUT2D eigenvalue weighted by molar-refractivity contribution is 6.02. The fraction of sp³-hybridized carbons (Fsp3) is 0.0455. The molecule has 0 bridgehead atoms. The fourth-order valence-corrected chi connectivity index (χ4v) is 3.11. The molecule has 4 rings (SSSR count). The first-order chi connectivity index (χ1) is 14.9. The number of nitrogens with zero attached hydrogens (tertiary/aromatic N) is 3. The molecule has 0 saturated carbocycles. The second kappa shape index (κ2) is 7.94. The van der Waals surface area contributed by atoms with Crippen LogP contribution in [0.1, 0.15) is 15.9 Å². The lowest BCUT2D eigenvalue weighted by Crippen LogP contribution is -1.97. The molecule has 0 atom stereocenters. The molecule has 1 aromatic heterocycles. The zero-order valence-electron chi connectivity index (χ0n) is 15.8. The van der Waals surface area contributed by atoms with Gasteiger partial charge in [-0.2, -0.15) is 0 Å². The molecule has 6 nitrogen and oxygen atoms in total. The van der Waals surface area contributed by atoms with Crippen LogP contribution in [0.4, 0.5) is 18.9 Å². The van der Waals surface area contributed by atoms with Gasteiger partial charge in [0.2, 0.25) is 11.8 Å². The number of hydrogen-bond donors (Lipinski definition) is 2. The van der Waals surface area contributed by atoms with Crippen molar-refractivity contribution < 1.29 is 28.2 Å². The molecule has 0 unspecified atom stereocenters. The number of halogens is 3. The zero-order chi connectivity index (χ0) is 22.1. The number of carbonyl (C=O) groups excluding carboxylic acids is 1. The third-order valence-electron chi connectivity index (χ3n) is 4.71. The third kappa shape index (κ3) is 3.73. The minimum atomic E-state index is -1.72. The Morgan fingerprint density at radius 2 is 1.58 bits per heavy atom. The maximum Gasteiger partial charge on any atom is 0.295 e. The Bertz CT molecular complexity index is 1330. The van der Waals surface area contributed by atoms with Crippen molar-refractivity contribution in [3.05, 3.63) is 89.2 Å². The molecule has 156 valence electrons. The van der Waals surface area contributed by atoms with E-state index < -0.39 is 29.0 Å². The number of benzene rings is 3. The Balaban J connectivity index is 1.65. The fourth-order valence-electron chi connectivity index (χ4n) is 3.11. The van der Waals surface area contributed by atoms with Gasteiger partial charge in [0.05, 0.1) is 6.54 Å². The van der Waals surface area contributed by atoms with E-state index in [-0.39, 0.29) is 29.3 Å². The van der Waals surface area contributed by atoms with Gasteiger partial charge in [-0.1, -0.05) is 30.3 Å². The SMILES string of the molecule is O=C(N=Nc1ccc(F)c(F)c1F)c1ccc2c(O)n(Cc3ccccc3)c(O)c2c1. The summed E-state index contributed by atoms with van der Waals surface area (Å²) in [5.74, 6) is -6.00. The number of hydrogen-bond acceptors (Lipinski definition) is 4. The van der Waals surface area contributed by atoms with Crippen molar-refractivity contribution in [2.45, 2.75) is 6.54 Å². The lowest BCUT2D eigenvalue weighted by atomic mass is 10.1. The predicted octanol–water partition coefficient (Wildman–Crippen LogP) is 5.44. The Labute approximate surface area is 173 Å². The monoisotopic (exact) mass is 425 g/mol. The van der Waals surface area contributed by atoms with E-state index in [1.165, 1.54) is 22.8 Å². The van der Waals surface area contributed by atoms with Gasteiger partial charge >= 0.3 is 0 Å². The summed E-state index contributed by atoms with van der Waals surface area (Å²) in [6.45, 7) is 0.200. The quantitative estimate of drug-likeness (QED) is 0.337. The van der Waals surface area contributed by atoms with Crippen molar-refractivity contribution in [1.82, 2.24) is 4.57 Å². The van der Waals surface area contributed by atoms with Crippen molar-refractivity contribution in [2.75, 3.05) is 0 Å². The Morgan fingerprint density at radius 3 is 2.32 bits per heavy atom. The Kier molecular flexibility index (Phi) is 5.16. The van der Waals surface area contributed by atoms with E-state index in [1.54, 1.807) is 0 Å². The lowest BCUT2D eigenvalue weighted by Gasteiger charge is -2.06. The molecule has 3 aromatic carbocycles. The van der Waals surface area contributed by atoms with Crippen LogP contribution in [0.25, 0.3) is 10.8 Å². The number of carbonyl (C=O) groups is 1. The normalized spacial score (nSPS) is 11.5. The average molecular weight is 425 g/mol. The minimum Gasteiger partial charge on any atom is -0.494 e. The molecule has 0 fully saturated rings. The summed E-state index contributed by atoms with van der Waals surface area (Å²) in [4.78, 5) is 12.3. The summed E-state index contributed by atoms with van der Waals surface area (Å²) in [6, 6.07) is 14.7. The summed E-state index contributed by atoms with van der Waals surface area (Å²) >= 11 is 0. The number of azo groups is 1. The highest BCUT2D eigenvalue weighted by Crippen LogP contribution is 2.37. The summed E-state index contributed by atoms with van der Waals surface area (Å²) in [7, 11) is 0. The Morgan fingerprint density at radius 1 is 0.871 bits per heavy atom. The molecule has 0 aliphatic heterocycles. The Hall–Kier alpha value is -4.14. The van der Waals surface area contributed by atoms with Gasteiger partial charge in [0.25, 0.3) is 5.91 Å². The van der Waals surface area contributed by atoms with Crippen LogP contribution in [-0.4, -0.2) is 20.7 Å². The standard InChI is InChI=1S/C22H14F3N3O3/c23-16-8-9-17(19(25)18(16)24)26-27-20(29)13-6-7-14-15(10-13)22(31)28(21(14)30)11-12-4-2-1-3-5-12/h1-10,30-31H,11H2. The second-order valence-corrected chi connectivity index (χ2v) is 6.68. The number of aromatic nitrogens is 1. The van der Waals surface area contributed by atoms with Gasteiger partial charge in [-0.05, 0) is 35.9 Å². The van der Waals surface area contributed by atoms with Gasteiger partial charge in [0, 0.05) is 16.3 Å². The van der Waals surface area contributed by atoms with Crippen LogP contribution >= 0.6 is 0 Å². The number of amides is 1. The summed E-state index contributed by atoms with van der Waals surface area (Å²) in [5, 5.41) is 28.2. The minimum absolute atomic E-state index is 0.00796. The first-order valence-corrected chi connectivity index (χ1v) is 9.04. The van der Waals surface area contributed by atoms with Crippen LogP contribution < -0.4 is 0 Å². The van der Waals surface area contributed by atoms with Crippen LogP contribution in [0.2, 0.25) is 0 Å². The van der Waals surface area contributed by atoms with Crippen molar-refractivity contribution in [3.63, 3.8) is 0 Å². The van der Waals surface area contributed by atoms with Gasteiger partial charge < -0.3 is 10.2 Å². The maximum atomic E-state index is 13.7. The van der Waals surface area contributed by atoms with E-state index in [9.17, 15) is 28.2 Å². The summed E-state index contributed by atoms with van der Waals surface area (Å²) in [5.41, 5.74) is 0.196. The molecule has 31 heavy (non-hydrogen) atoms. The average Bonchev–Trinajstić information content (AvgIpc) is 3.02. The van der Waals surface area contributed by atoms with Crippen LogP contribution in [-0.2, 0) is 6.54 Å². The molecule has 2 N–H and O–H groups in total. The number of aromatic hydroxyl groups is 2. The van der Waals surface area contributed by atoms with Crippen molar-refractivity contribution in [2.24, 2.45) is 10.2 Å². The summed E-state index contributed by atoms with van der Waals surface area (Å²) < 4.78 is 41.2. The molecule has 0 spiro atoms. The largest absolute Gasteiger partial charge is 0.494 e. The van der Waals surface area contributed by atoms with E-state index in [0.717, 1.165) is 11.6 Å². The first-order valence-electron chi connectivity index (χ1n) is 9.04. The van der Waals surface area contributed by atoms with Crippen molar-refractivity contribution in [3.8, 4) is 11.8 Å². The van der Waals surface area contributed by atoms with Gasteiger partial charge in [-0.3, -0.25) is 9.36 Å². The van der Waals surface area contributed by atoms with E-state index in [4.69, 9.17) is 0 Å².